The molecule has 474 valence electrons. The Hall–Kier alpha value is -4.36. The van der Waals surface area contributed by atoms with E-state index in [4.69, 9.17) is 23.7 Å². The van der Waals surface area contributed by atoms with Gasteiger partial charge in [-0.05, 0) is 96.3 Å². The first-order valence-corrected chi connectivity index (χ1v) is 33.2. The molecule has 1 fully saturated rings. The first kappa shape index (κ1) is 76.7. The summed E-state index contributed by atoms with van der Waals surface area (Å²) in [4.78, 5) is 51.4. The van der Waals surface area contributed by atoms with E-state index in [1.165, 1.54) is 83.5 Å². The smallest absolute Gasteiger partial charge is 0.335 e. The van der Waals surface area contributed by atoms with Gasteiger partial charge in [0, 0.05) is 19.3 Å². The molecule has 0 spiro atoms. The minimum atomic E-state index is -1.92. The van der Waals surface area contributed by atoms with Gasteiger partial charge in [0.2, 0.25) is 0 Å². The van der Waals surface area contributed by atoms with Gasteiger partial charge in [-0.15, -0.1) is 0 Å². The standard InChI is InChI=1S/C71H118O12/c1-4-7-10-13-16-19-22-25-28-31-32-35-36-39-42-45-48-51-54-57-63(72)79-60-62(81-64(73)58-55-52-49-46-43-40-37-33-29-26-23-20-17-14-11-8-5-2)61-80-71-69(67(76)66(75)68(83-71)70(77)78)82-65(74)59-56-53-50-47-44-41-38-34-30-27-24-21-18-15-12-9-6-3/h7,9-10,12,16,18-19,21,25,27-28,30,32,35,38,41,62,66-69,71,75-76H,4-6,8,11,13-15,17,20,22-24,26,29,31,33-34,36-37,39-40,42-61H2,1-3H3,(H,77,78)/b10-7-,12-9-,19-16-,21-18-,28-25-,30-27-,35-32-,41-38-. The molecule has 1 aliphatic heterocycles. The molecule has 1 saturated heterocycles. The van der Waals surface area contributed by atoms with E-state index in [9.17, 15) is 34.5 Å². The van der Waals surface area contributed by atoms with Crippen molar-refractivity contribution in [2.24, 2.45) is 0 Å². The molecular formula is C71H118O12. The fourth-order valence-electron chi connectivity index (χ4n) is 9.65. The lowest BCUT2D eigenvalue weighted by Crippen LogP contribution is -2.61. The van der Waals surface area contributed by atoms with E-state index in [1.54, 1.807) is 0 Å². The first-order valence-electron chi connectivity index (χ1n) is 33.2. The number of unbranched alkanes of at least 4 members (excludes halogenated alkanes) is 26. The highest BCUT2D eigenvalue weighted by Gasteiger charge is 2.50. The predicted molar refractivity (Wildman–Crippen MR) is 340 cm³/mol. The average molecular weight is 1160 g/mol. The molecule has 83 heavy (non-hydrogen) atoms. The topological polar surface area (TPSA) is 175 Å². The molecule has 6 atom stereocenters. The zero-order valence-electron chi connectivity index (χ0n) is 52.4. The third-order valence-electron chi connectivity index (χ3n) is 14.7. The van der Waals surface area contributed by atoms with Crippen molar-refractivity contribution in [3.63, 3.8) is 0 Å². The number of carboxylic acids is 1. The Morgan fingerprint density at radius 1 is 0.410 bits per heavy atom. The van der Waals surface area contributed by atoms with Crippen LogP contribution in [0.3, 0.4) is 0 Å². The zero-order valence-corrected chi connectivity index (χ0v) is 52.4. The van der Waals surface area contributed by atoms with Gasteiger partial charge in [0.25, 0.3) is 0 Å². The number of hydrogen-bond acceptors (Lipinski definition) is 11. The van der Waals surface area contributed by atoms with Crippen LogP contribution in [0, 0.1) is 0 Å². The molecule has 0 amide bonds. The van der Waals surface area contributed by atoms with Gasteiger partial charge >= 0.3 is 23.9 Å². The van der Waals surface area contributed by atoms with Gasteiger partial charge in [0.05, 0.1) is 6.61 Å². The summed E-state index contributed by atoms with van der Waals surface area (Å²) in [5, 5.41) is 31.6. The molecule has 0 aliphatic carbocycles. The molecular weight excluding hydrogens is 1040 g/mol. The SMILES string of the molecule is CC/C=C\C/C=C\C/C=C\C/C=C\CCCCCCCCC(=O)OCC(COC1OC(C(=O)O)C(O)C(O)C1OC(=O)CCCCCC/C=C\C/C=C\C/C=C\C/C=C\CC)OC(=O)CCCCCCCCCCCCCCCCCCC. The number of carbonyl (C=O) groups excluding carboxylic acids is 3. The lowest BCUT2D eigenvalue weighted by atomic mass is 9.98. The third-order valence-corrected chi connectivity index (χ3v) is 14.7. The van der Waals surface area contributed by atoms with Crippen LogP contribution in [0.1, 0.15) is 278 Å². The molecule has 3 N–H and O–H groups in total. The van der Waals surface area contributed by atoms with Gasteiger partial charge in [-0.25, -0.2) is 4.79 Å². The Morgan fingerprint density at radius 2 is 0.759 bits per heavy atom. The van der Waals surface area contributed by atoms with Crippen LogP contribution < -0.4 is 0 Å². The van der Waals surface area contributed by atoms with Gasteiger partial charge < -0.3 is 39.0 Å². The van der Waals surface area contributed by atoms with E-state index in [0.717, 1.165) is 135 Å². The molecule has 0 aromatic rings. The molecule has 0 saturated carbocycles. The molecule has 0 aromatic carbocycles. The van der Waals surface area contributed by atoms with Crippen LogP contribution in [-0.4, -0.2) is 89.2 Å². The second kappa shape index (κ2) is 58.0. The van der Waals surface area contributed by atoms with Crippen molar-refractivity contribution < 1.29 is 58.2 Å². The van der Waals surface area contributed by atoms with Crippen LogP contribution in [0.15, 0.2) is 97.2 Å². The van der Waals surface area contributed by atoms with Crippen LogP contribution in [0.4, 0.5) is 0 Å². The van der Waals surface area contributed by atoms with Gasteiger partial charge in [0.15, 0.2) is 24.6 Å². The molecule has 1 aliphatic rings. The molecule has 0 bridgehead atoms. The number of rotatable bonds is 56. The minimum Gasteiger partial charge on any atom is -0.479 e. The monoisotopic (exact) mass is 1160 g/mol. The highest BCUT2D eigenvalue weighted by atomic mass is 16.7. The van der Waals surface area contributed by atoms with E-state index < -0.39 is 67.3 Å². The fraction of sp³-hybridized carbons (Fsp3) is 0.718. The van der Waals surface area contributed by atoms with E-state index >= 15 is 0 Å². The maximum Gasteiger partial charge on any atom is 0.335 e. The summed E-state index contributed by atoms with van der Waals surface area (Å²) in [6.45, 7) is 5.78. The summed E-state index contributed by atoms with van der Waals surface area (Å²) in [6, 6.07) is 0. The summed E-state index contributed by atoms with van der Waals surface area (Å²) in [5.41, 5.74) is 0. The maximum absolute atomic E-state index is 13.2. The van der Waals surface area contributed by atoms with Crippen molar-refractivity contribution in [1.82, 2.24) is 0 Å². The molecule has 6 unspecified atom stereocenters. The number of ether oxygens (including phenoxy) is 5. The molecule has 0 aromatic heterocycles. The average Bonchev–Trinajstić information content (AvgIpc) is 3.59. The third kappa shape index (κ3) is 47.6. The van der Waals surface area contributed by atoms with Crippen molar-refractivity contribution in [2.75, 3.05) is 13.2 Å². The number of hydrogen-bond donors (Lipinski definition) is 3. The first-order chi connectivity index (χ1) is 40.6. The van der Waals surface area contributed by atoms with E-state index in [2.05, 4.69) is 118 Å². The number of aliphatic hydroxyl groups excluding tert-OH is 2. The van der Waals surface area contributed by atoms with E-state index in [1.807, 2.05) is 0 Å². The molecule has 1 heterocycles. The fourth-order valence-corrected chi connectivity index (χ4v) is 9.65. The maximum atomic E-state index is 13.2. The number of carbonyl (C=O) groups is 4. The lowest BCUT2D eigenvalue weighted by molar-refractivity contribution is -0.301. The second-order valence-corrected chi connectivity index (χ2v) is 22.3. The van der Waals surface area contributed by atoms with Crippen molar-refractivity contribution in [3.8, 4) is 0 Å². The number of aliphatic hydroxyl groups is 2. The Kier molecular flexibility index (Phi) is 53.6. The van der Waals surface area contributed by atoms with Crippen molar-refractivity contribution in [2.45, 2.75) is 314 Å². The highest BCUT2D eigenvalue weighted by molar-refractivity contribution is 5.74. The van der Waals surface area contributed by atoms with E-state index in [-0.39, 0.29) is 25.9 Å². The Morgan fingerprint density at radius 3 is 1.16 bits per heavy atom. The molecule has 1 rings (SSSR count). The summed E-state index contributed by atoms with van der Waals surface area (Å²) in [7, 11) is 0. The van der Waals surface area contributed by atoms with Crippen LogP contribution in [-0.2, 0) is 42.9 Å². The van der Waals surface area contributed by atoms with Crippen LogP contribution in [0.25, 0.3) is 0 Å². The number of allylic oxidation sites excluding steroid dienone is 16. The summed E-state index contributed by atoms with van der Waals surface area (Å²) in [5.74, 6) is -3.16. The largest absolute Gasteiger partial charge is 0.479 e. The van der Waals surface area contributed by atoms with Crippen LogP contribution in [0.5, 0.6) is 0 Å². The number of carboxylic acid groups (broad SMARTS) is 1. The van der Waals surface area contributed by atoms with Gasteiger partial charge in [0.1, 0.15) is 18.8 Å². The van der Waals surface area contributed by atoms with Crippen molar-refractivity contribution in [3.05, 3.63) is 97.2 Å². The van der Waals surface area contributed by atoms with Gasteiger partial charge in [-0.3, -0.25) is 14.4 Å². The van der Waals surface area contributed by atoms with Gasteiger partial charge in [-0.1, -0.05) is 259 Å². The second-order valence-electron chi connectivity index (χ2n) is 22.3. The number of aliphatic carboxylic acids is 1. The molecule has 12 nitrogen and oxygen atoms in total. The Labute approximate surface area is 504 Å². The van der Waals surface area contributed by atoms with E-state index in [0.29, 0.717) is 19.3 Å². The number of esters is 3. The van der Waals surface area contributed by atoms with Gasteiger partial charge in [-0.2, -0.15) is 0 Å². The summed E-state index contributed by atoms with van der Waals surface area (Å²) < 4.78 is 28.5. The van der Waals surface area contributed by atoms with Crippen molar-refractivity contribution >= 4 is 23.9 Å². The molecule has 0 radical (unpaired) electrons. The molecule has 12 heteroatoms. The Balaban J connectivity index is 2.68. The van der Waals surface area contributed by atoms with Crippen LogP contribution in [0.2, 0.25) is 0 Å². The van der Waals surface area contributed by atoms with Crippen LogP contribution >= 0.6 is 0 Å². The lowest BCUT2D eigenvalue weighted by Gasteiger charge is -2.40. The zero-order chi connectivity index (χ0) is 60.3. The Bertz CT molecular complexity index is 1810. The summed E-state index contributed by atoms with van der Waals surface area (Å²) >= 11 is 0. The highest BCUT2D eigenvalue weighted by Crippen LogP contribution is 2.27. The normalized spacial score (nSPS) is 18.2. The minimum absolute atomic E-state index is 0.0284. The predicted octanol–water partition coefficient (Wildman–Crippen LogP) is 18.0. The van der Waals surface area contributed by atoms with Crippen molar-refractivity contribution in [1.29, 1.82) is 0 Å². The summed E-state index contributed by atoms with van der Waals surface area (Å²) in [6.07, 6.45) is 65.0. The quantitative estimate of drug-likeness (QED) is 0.0228.